The molecule has 2 aliphatic heterocycles. The number of aromatic carboxylic acids is 2. The van der Waals surface area contributed by atoms with Crippen LogP contribution in [0.3, 0.4) is 0 Å². The van der Waals surface area contributed by atoms with Crippen LogP contribution in [0.5, 0.6) is 0 Å². The molecule has 4 heterocycles. The number of carboxylic acid groups (broad SMARTS) is 2. The molecule has 2 aliphatic carbocycles. The van der Waals surface area contributed by atoms with Gasteiger partial charge in [0.1, 0.15) is 11.4 Å². The Bertz CT molecular complexity index is 1280. The van der Waals surface area contributed by atoms with E-state index in [1.807, 2.05) is 21.9 Å². The second-order valence-corrected chi connectivity index (χ2v) is 13.0. The molecule has 2 atom stereocenters. The first-order valence-corrected chi connectivity index (χ1v) is 15.4. The molecule has 2 N–H and O–H groups in total. The van der Waals surface area contributed by atoms with Gasteiger partial charge in [-0.05, 0) is 61.1 Å². The fourth-order valence-electron chi connectivity index (χ4n) is 5.93. The van der Waals surface area contributed by atoms with Gasteiger partial charge in [-0.1, -0.05) is 13.8 Å². The summed E-state index contributed by atoms with van der Waals surface area (Å²) in [6.07, 6.45) is 3.90. The maximum atomic E-state index is 13.5. The van der Waals surface area contributed by atoms with E-state index in [4.69, 9.17) is 0 Å². The Kier molecular flexibility index (Phi) is 9.32. The lowest BCUT2D eigenvalue weighted by Crippen LogP contribution is -2.45. The number of hydrogen-bond acceptors (Lipinski definition) is 6. The Morgan fingerprint density at radius 1 is 0.727 bits per heavy atom. The second-order valence-electron chi connectivity index (χ2n) is 13.0. The molecule has 4 fully saturated rings. The van der Waals surface area contributed by atoms with Gasteiger partial charge in [-0.2, -0.15) is 0 Å². The molecule has 2 saturated heterocycles. The number of alkyl halides is 4. The Hall–Kier alpha value is -3.12. The van der Waals surface area contributed by atoms with Gasteiger partial charge in [0.15, 0.2) is 0 Å². The van der Waals surface area contributed by atoms with Crippen molar-refractivity contribution >= 4 is 11.9 Å². The first-order valence-electron chi connectivity index (χ1n) is 15.4. The molecule has 2 aromatic heterocycles. The summed E-state index contributed by atoms with van der Waals surface area (Å²) in [5.74, 6) is -7.90. The SMILES string of the molecule is C[C@@H]1CN(Cc2cc(C(=O)O)nc(C3CC3)c2)CCC1(F)F.C[C@H]1CN(Cc2cc(C(=O)O)nc(C3CC3)c2)CCC1(F)F. The molecule has 0 bridgehead atoms. The van der Waals surface area contributed by atoms with Crippen molar-refractivity contribution in [1.29, 1.82) is 0 Å². The van der Waals surface area contributed by atoms with E-state index >= 15 is 0 Å². The quantitative estimate of drug-likeness (QED) is 0.333. The second kappa shape index (κ2) is 12.7. The molecule has 0 radical (unpaired) electrons. The Morgan fingerprint density at radius 2 is 1.09 bits per heavy atom. The van der Waals surface area contributed by atoms with Gasteiger partial charge in [0.2, 0.25) is 0 Å². The van der Waals surface area contributed by atoms with E-state index in [0.717, 1.165) is 48.2 Å². The maximum absolute atomic E-state index is 13.5. The summed E-state index contributed by atoms with van der Waals surface area (Å²) in [6, 6.07) is 6.99. The number of carboxylic acids is 2. The molecule has 4 aliphatic rings. The standard InChI is InChI=1S/2C16H20F2N2O2/c2*1-10-8-20(5-4-16(10,17)18)9-11-6-13(12-2-3-12)19-14(7-11)15(21)22/h2*6-7,10,12H,2-5,8-9H2,1H3,(H,21,22)/t2*10-/m10/s1. The van der Waals surface area contributed by atoms with Gasteiger partial charge < -0.3 is 10.2 Å². The lowest BCUT2D eigenvalue weighted by Gasteiger charge is -2.36. The molecular formula is C32H40F4N4O4. The van der Waals surface area contributed by atoms with E-state index in [1.54, 1.807) is 26.0 Å². The van der Waals surface area contributed by atoms with E-state index in [-0.39, 0.29) is 24.2 Å². The van der Waals surface area contributed by atoms with Crippen LogP contribution in [-0.4, -0.2) is 79.9 Å². The van der Waals surface area contributed by atoms with Crippen molar-refractivity contribution in [3.05, 3.63) is 58.2 Å². The number of hydrogen-bond donors (Lipinski definition) is 2. The van der Waals surface area contributed by atoms with Crippen LogP contribution >= 0.6 is 0 Å². The highest BCUT2D eigenvalue weighted by Gasteiger charge is 2.42. The summed E-state index contributed by atoms with van der Waals surface area (Å²) in [5, 5.41) is 18.4. The third-order valence-electron chi connectivity index (χ3n) is 9.08. The molecular weight excluding hydrogens is 580 g/mol. The third-order valence-corrected chi connectivity index (χ3v) is 9.08. The van der Waals surface area contributed by atoms with Crippen molar-refractivity contribution in [2.45, 2.75) is 89.1 Å². The summed E-state index contributed by atoms with van der Waals surface area (Å²) < 4.78 is 54.2. The van der Waals surface area contributed by atoms with Gasteiger partial charge in [-0.3, -0.25) is 9.80 Å². The molecule has 44 heavy (non-hydrogen) atoms. The number of rotatable bonds is 8. The number of nitrogens with zero attached hydrogens (tertiary/aromatic N) is 4. The highest BCUT2D eigenvalue weighted by atomic mass is 19.3. The Morgan fingerprint density at radius 3 is 1.39 bits per heavy atom. The van der Waals surface area contributed by atoms with Gasteiger partial charge in [0.05, 0.1) is 0 Å². The van der Waals surface area contributed by atoms with Crippen molar-refractivity contribution in [2.24, 2.45) is 11.8 Å². The molecule has 6 rings (SSSR count). The number of likely N-dealkylation sites (tertiary alicyclic amines) is 2. The van der Waals surface area contributed by atoms with E-state index in [1.165, 1.54) is 0 Å². The largest absolute Gasteiger partial charge is 0.477 e. The minimum absolute atomic E-state index is 0.0507. The molecule has 0 spiro atoms. The van der Waals surface area contributed by atoms with Gasteiger partial charge in [-0.15, -0.1) is 0 Å². The van der Waals surface area contributed by atoms with Crippen molar-refractivity contribution in [2.75, 3.05) is 26.2 Å². The normalized spacial score (nSPS) is 25.1. The molecule has 0 amide bonds. The molecule has 0 unspecified atom stereocenters. The summed E-state index contributed by atoms with van der Waals surface area (Å²) in [7, 11) is 0. The average molecular weight is 621 g/mol. The van der Waals surface area contributed by atoms with Crippen molar-refractivity contribution in [1.82, 2.24) is 19.8 Å². The summed E-state index contributed by atoms with van der Waals surface area (Å²) in [5.41, 5.74) is 3.46. The minimum atomic E-state index is -2.60. The number of aromatic nitrogens is 2. The van der Waals surface area contributed by atoms with Crippen LogP contribution in [0.15, 0.2) is 24.3 Å². The maximum Gasteiger partial charge on any atom is 0.354 e. The summed E-state index contributed by atoms with van der Waals surface area (Å²) in [4.78, 5) is 34.7. The van der Waals surface area contributed by atoms with Crippen molar-refractivity contribution in [3.63, 3.8) is 0 Å². The fraction of sp³-hybridized carbons (Fsp3) is 0.625. The van der Waals surface area contributed by atoms with Crippen LogP contribution in [0.25, 0.3) is 0 Å². The number of halogens is 4. The summed E-state index contributed by atoms with van der Waals surface area (Å²) in [6.45, 7) is 5.47. The highest BCUT2D eigenvalue weighted by molar-refractivity contribution is 5.86. The monoisotopic (exact) mass is 620 g/mol. The van der Waals surface area contributed by atoms with Crippen molar-refractivity contribution < 1.29 is 37.4 Å². The molecule has 8 nitrogen and oxygen atoms in total. The van der Waals surface area contributed by atoms with E-state index < -0.39 is 35.6 Å². The number of carbonyl (C=O) groups is 2. The topological polar surface area (TPSA) is 107 Å². The van der Waals surface area contributed by atoms with Gasteiger partial charge in [-0.25, -0.2) is 37.1 Å². The zero-order chi connectivity index (χ0) is 31.8. The number of piperidine rings is 2. The van der Waals surface area contributed by atoms with Gasteiger partial charge >= 0.3 is 11.9 Å². The lowest BCUT2D eigenvalue weighted by molar-refractivity contribution is -0.101. The Balaban J connectivity index is 0.000000175. The van der Waals surface area contributed by atoms with E-state index in [9.17, 15) is 37.4 Å². The van der Waals surface area contributed by atoms with Crippen molar-refractivity contribution in [3.8, 4) is 0 Å². The number of pyridine rings is 2. The fourth-order valence-corrected chi connectivity index (χ4v) is 5.93. The average Bonchev–Trinajstić information content (AvgIpc) is 3.87. The molecule has 12 heteroatoms. The first kappa shape index (κ1) is 32.3. The van der Waals surface area contributed by atoms with Gasteiger partial charge in [0, 0.05) is 87.2 Å². The van der Waals surface area contributed by atoms with E-state index in [2.05, 4.69) is 9.97 Å². The lowest BCUT2D eigenvalue weighted by atomic mass is 9.95. The van der Waals surface area contributed by atoms with Crippen LogP contribution in [0.2, 0.25) is 0 Å². The smallest absolute Gasteiger partial charge is 0.354 e. The van der Waals surface area contributed by atoms with E-state index in [0.29, 0.717) is 51.1 Å². The van der Waals surface area contributed by atoms with Crippen LogP contribution in [0, 0.1) is 11.8 Å². The van der Waals surface area contributed by atoms with Crippen LogP contribution in [-0.2, 0) is 13.1 Å². The van der Waals surface area contributed by atoms with Crippen LogP contribution in [0.1, 0.15) is 108 Å². The molecule has 240 valence electrons. The van der Waals surface area contributed by atoms with Gasteiger partial charge in [0.25, 0.3) is 11.8 Å². The predicted molar refractivity (Wildman–Crippen MR) is 154 cm³/mol. The zero-order valence-electron chi connectivity index (χ0n) is 25.1. The van der Waals surface area contributed by atoms with Crippen LogP contribution in [0.4, 0.5) is 17.6 Å². The van der Waals surface area contributed by atoms with Crippen LogP contribution < -0.4 is 0 Å². The minimum Gasteiger partial charge on any atom is -0.477 e. The Labute approximate surface area is 254 Å². The summed E-state index contributed by atoms with van der Waals surface area (Å²) >= 11 is 0. The highest BCUT2D eigenvalue weighted by Crippen LogP contribution is 2.41. The third kappa shape index (κ3) is 8.12. The first-order chi connectivity index (χ1) is 20.7. The molecule has 2 aromatic rings. The zero-order valence-corrected chi connectivity index (χ0v) is 25.1. The predicted octanol–water partition coefficient (Wildman–Crippen LogP) is 6.27. The molecule has 2 saturated carbocycles. The molecule has 0 aromatic carbocycles.